The Morgan fingerprint density at radius 2 is 2.18 bits per heavy atom. The summed E-state index contributed by atoms with van der Waals surface area (Å²) in [6, 6.07) is 7.34. The van der Waals surface area contributed by atoms with Gasteiger partial charge in [0, 0.05) is 30.8 Å². The van der Waals surface area contributed by atoms with Crippen molar-refractivity contribution < 1.29 is 4.79 Å². The maximum atomic E-state index is 11.8. The lowest BCUT2D eigenvalue weighted by Crippen LogP contribution is -2.22. The normalized spacial score (nSPS) is 9.94. The highest BCUT2D eigenvalue weighted by atomic mass is 16.1. The summed E-state index contributed by atoms with van der Waals surface area (Å²) < 4.78 is 0. The summed E-state index contributed by atoms with van der Waals surface area (Å²) in [5.74, 6) is -0.124. The molecule has 0 saturated carbocycles. The van der Waals surface area contributed by atoms with E-state index in [1.807, 2.05) is 25.1 Å². The van der Waals surface area contributed by atoms with E-state index in [1.54, 1.807) is 24.7 Å². The summed E-state index contributed by atoms with van der Waals surface area (Å²) in [6.07, 6.45) is 5.01. The zero-order chi connectivity index (χ0) is 12.1. The van der Waals surface area contributed by atoms with Crippen LogP contribution in [0.4, 0.5) is 0 Å². The molecule has 0 fully saturated rings. The molecule has 0 aliphatic carbocycles. The van der Waals surface area contributed by atoms with E-state index in [-0.39, 0.29) is 5.91 Å². The van der Waals surface area contributed by atoms with Crippen molar-refractivity contribution in [2.24, 2.45) is 0 Å². The van der Waals surface area contributed by atoms with Crippen LogP contribution in [-0.2, 0) is 6.54 Å². The maximum Gasteiger partial charge on any atom is 0.253 e. The van der Waals surface area contributed by atoms with Gasteiger partial charge in [0.15, 0.2) is 0 Å². The molecule has 17 heavy (non-hydrogen) atoms. The van der Waals surface area contributed by atoms with Crippen molar-refractivity contribution in [3.05, 3.63) is 59.7 Å². The highest BCUT2D eigenvalue weighted by Gasteiger charge is 2.04. The van der Waals surface area contributed by atoms with E-state index in [0.717, 1.165) is 11.3 Å². The van der Waals surface area contributed by atoms with Gasteiger partial charge in [-0.05, 0) is 30.7 Å². The van der Waals surface area contributed by atoms with Gasteiger partial charge in [0.1, 0.15) is 0 Å². The van der Waals surface area contributed by atoms with Crippen LogP contribution in [0, 0.1) is 6.92 Å². The summed E-state index contributed by atoms with van der Waals surface area (Å²) in [6.45, 7) is 2.36. The van der Waals surface area contributed by atoms with E-state index in [2.05, 4.69) is 15.3 Å². The molecule has 4 nitrogen and oxygen atoms in total. The average Bonchev–Trinajstić information content (AvgIpc) is 2.38. The molecular weight excluding hydrogens is 214 g/mol. The van der Waals surface area contributed by atoms with Gasteiger partial charge in [0.2, 0.25) is 0 Å². The third kappa shape index (κ3) is 3.11. The number of rotatable bonds is 3. The predicted molar refractivity (Wildman–Crippen MR) is 64.4 cm³/mol. The Bertz CT molecular complexity index is 494. The highest BCUT2D eigenvalue weighted by Crippen LogP contribution is 2.00. The highest BCUT2D eigenvalue weighted by molar-refractivity contribution is 5.93. The van der Waals surface area contributed by atoms with Crippen molar-refractivity contribution in [2.75, 3.05) is 0 Å². The van der Waals surface area contributed by atoms with Crippen LogP contribution >= 0.6 is 0 Å². The molecular formula is C13H13N3O. The van der Waals surface area contributed by atoms with Gasteiger partial charge < -0.3 is 5.32 Å². The van der Waals surface area contributed by atoms with Crippen LogP contribution in [0.1, 0.15) is 21.6 Å². The molecule has 0 bridgehead atoms. The molecule has 86 valence electrons. The number of nitrogens with one attached hydrogen (secondary N) is 1. The number of aromatic nitrogens is 2. The van der Waals surface area contributed by atoms with E-state index in [9.17, 15) is 4.79 Å². The minimum absolute atomic E-state index is 0.124. The largest absolute Gasteiger partial charge is 0.348 e. The Kier molecular flexibility index (Phi) is 3.45. The zero-order valence-corrected chi connectivity index (χ0v) is 9.55. The standard InChI is InChI=1S/C13H13N3O/c1-10-4-5-12(9-15-10)13(17)16-8-11-3-2-6-14-7-11/h2-7,9H,8H2,1H3,(H,16,17). The lowest BCUT2D eigenvalue weighted by molar-refractivity contribution is 0.0950. The number of hydrogen-bond donors (Lipinski definition) is 1. The molecule has 1 amide bonds. The van der Waals surface area contributed by atoms with Crippen LogP contribution in [0.15, 0.2) is 42.9 Å². The maximum absolute atomic E-state index is 11.8. The van der Waals surface area contributed by atoms with Gasteiger partial charge in [-0.2, -0.15) is 0 Å². The van der Waals surface area contributed by atoms with Crippen LogP contribution in [0.2, 0.25) is 0 Å². The van der Waals surface area contributed by atoms with E-state index in [0.29, 0.717) is 12.1 Å². The van der Waals surface area contributed by atoms with Crippen LogP contribution in [0.5, 0.6) is 0 Å². The number of amides is 1. The third-order valence-electron chi connectivity index (χ3n) is 2.35. The van der Waals surface area contributed by atoms with Gasteiger partial charge in [-0.3, -0.25) is 14.8 Å². The van der Waals surface area contributed by atoms with E-state index in [4.69, 9.17) is 0 Å². The Morgan fingerprint density at radius 3 is 2.82 bits per heavy atom. The van der Waals surface area contributed by atoms with Crippen LogP contribution in [-0.4, -0.2) is 15.9 Å². The molecule has 0 spiro atoms. The minimum atomic E-state index is -0.124. The Hall–Kier alpha value is -2.23. The van der Waals surface area contributed by atoms with Crippen LogP contribution < -0.4 is 5.32 Å². The van der Waals surface area contributed by atoms with Crippen LogP contribution in [0.25, 0.3) is 0 Å². The molecule has 0 aliphatic rings. The van der Waals surface area contributed by atoms with Gasteiger partial charge in [-0.15, -0.1) is 0 Å². The van der Waals surface area contributed by atoms with E-state index in [1.165, 1.54) is 0 Å². The first-order valence-corrected chi connectivity index (χ1v) is 5.35. The lowest BCUT2D eigenvalue weighted by Gasteiger charge is -2.04. The molecule has 2 heterocycles. The van der Waals surface area contributed by atoms with Gasteiger partial charge >= 0.3 is 0 Å². The molecule has 0 aliphatic heterocycles. The summed E-state index contributed by atoms with van der Waals surface area (Å²) >= 11 is 0. The second-order valence-corrected chi connectivity index (χ2v) is 3.73. The zero-order valence-electron chi connectivity index (χ0n) is 9.55. The van der Waals surface area contributed by atoms with E-state index >= 15 is 0 Å². The molecule has 0 atom stereocenters. The van der Waals surface area contributed by atoms with Crippen molar-refractivity contribution in [3.8, 4) is 0 Å². The van der Waals surface area contributed by atoms with Gasteiger partial charge in [-0.1, -0.05) is 6.07 Å². The number of carbonyl (C=O) groups excluding carboxylic acids is 1. The topological polar surface area (TPSA) is 54.9 Å². The van der Waals surface area contributed by atoms with Crippen molar-refractivity contribution in [1.29, 1.82) is 0 Å². The summed E-state index contributed by atoms with van der Waals surface area (Å²) in [4.78, 5) is 19.8. The SMILES string of the molecule is Cc1ccc(C(=O)NCc2cccnc2)cn1. The van der Waals surface area contributed by atoms with Crippen LogP contribution in [0.3, 0.4) is 0 Å². The van der Waals surface area contributed by atoms with Crippen molar-refractivity contribution >= 4 is 5.91 Å². The molecule has 0 aromatic carbocycles. The Balaban J connectivity index is 1.96. The first-order chi connectivity index (χ1) is 8.25. The molecule has 4 heteroatoms. The quantitative estimate of drug-likeness (QED) is 0.868. The summed E-state index contributed by atoms with van der Waals surface area (Å²) in [7, 11) is 0. The van der Waals surface area contributed by atoms with Crippen molar-refractivity contribution in [1.82, 2.24) is 15.3 Å². The molecule has 2 aromatic heterocycles. The number of pyridine rings is 2. The number of nitrogens with zero attached hydrogens (tertiary/aromatic N) is 2. The fraction of sp³-hybridized carbons (Fsp3) is 0.154. The molecule has 2 rings (SSSR count). The second kappa shape index (κ2) is 5.21. The lowest BCUT2D eigenvalue weighted by atomic mass is 10.2. The minimum Gasteiger partial charge on any atom is -0.348 e. The Morgan fingerprint density at radius 1 is 1.29 bits per heavy atom. The molecule has 0 radical (unpaired) electrons. The van der Waals surface area contributed by atoms with Gasteiger partial charge in [0.25, 0.3) is 5.91 Å². The van der Waals surface area contributed by atoms with Gasteiger partial charge in [0.05, 0.1) is 5.56 Å². The smallest absolute Gasteiger partial charge is 0.253 e. The molecule has 1 N–H and O–H groups in total. The summed E-state index contributed by atoms with van der Waals surface area (Å²) in [5.41, 5.74) is 2.44. The third-order valence-corrected chi connectivity index (χ3v) is 2.35. The summed E-state index contributed by atoms with van der Waals surface area (Å²) in [5, 5.41) is 2.82. The van der Waals surface area contributed by atoms with Gasteiger partial charge in [-0.25, -0.2) is 0 Å². The van der Waals surface area contributed by atoms with E-state index < -0.39 is 0 Å². The first kappa shape index (κ1) is 11.3. The van der Waals surface area contributed by atoms with Crippen molar-refractivity contribution in [3.63, 3.8) is 0 Å². The first-order valence-electron chi connectivity index (χ1n) is 5.35. The number of hydrogen-bond acceptors (Lipinski definition) is 3. The Labute approximate surface area is 99.7 Å². The molecule has 2 aromatic rings. The monoisotopic (exact) mass is 227 g/mol. The predicted octanol–water partition coefficient (Wildman–Crippen LogP) is 1.72. The average molecular weight is 227 g/mol. The molecule has 0 unspecified atom stereocenters. The molecule has 0 saturated heterocycles. The fourth-order valence-corrected chi connectivity index (χ4v) is 1.39. The number of aryl methyl sites for hydroxylation is 1. The number of carbonyl (C=O) groups is 1. The second-order valence-electron chi connectivity index (χ2n) is 3.73. The fourth-order valence-electron chi connectivity index (χ4n) is 1.39. The van der Waals surface area contributed by atoms with Crippen molar-refractivity contribution in [2.45, 2.75) is 13.5 Å².